The lowest BCUT2D eigenvalue weighted by molar-refractivity contribution is 0.134. The van der Waals surface area contributed by atoms with Gasteiger partial charge in [-0.15, -0.1) is 0 Å². The van der Waals surface area contributed by atoms with Crippen molar-refractivity contribution < 1.29 is 4.74 Å². The minimum absolute atomic E-state index is 0.127. The molecule has 0 spiro atoms. The number of rotatable bonds is 4. The second-order valence-corrected chi connectivity index (χ2v) is 5.92. The van der Waals surface area contributed by atoms with Gasteiger partial charge in [-0.25, -0.2) is 0 Å². The Morgan fingerprint density at radius 1 is 1.61 bits per heavy atom. The number of likely N-dealkylation sites (N-methyl/N-ethyl adjacent to an activating group) is 1. The molecule has 5 heteroatoms. The van der Waals surface area contributed by atoms with Crippen LogP contribution in [0.4, 0.5) is 0 Å². The maximum atomic E-state index is 6.29. The van der Waals surface area contributed by atoms with Gasteiger partial charge in [-0.2, -0.15) is 0 Å². The molecule has 18 heavy (non-hydrogen) atoms. The smallest absolute Gasteiger partial charge is 0.0622 e. The number of nitrogens with zero attached hydrogens (tertiary/aromatic N) is 1. The molecule has 2 N–H and O–H groups in total. The van der Waals surface area contributed by atoms with Gasteiger partial charge in [0, 0.05) is 34.7 Å². The average Bonchev–Trinajstić information content (AvgIpc) is 2.88. The van der Waals surface area contributed by atoms with Crippen LogP contribution in [0.5, 0.6) is 0 Å². The Labute approximate surface area is 121 Å². The lowest BCUT2D eigenvalue weighted by Crippen LogP contribution is -2.39. The molecular weight excluding hydrogens is 316 g/mol. The van der Waals surface area contributed by atoms with Crippen LogP contribution in [0.25, 0.3) is 0 Å². The van der Waals surface area contributed by atoms with Crippen LogP contribution in [-0.2, 0) is 4.74 Å². The normalized spacial score (nSPS) is 21.5. The summed E-state index contributed by atoms with van der Waals surface area (Å²) in [5.41, 5.74) is 7.01. The molecule has 100 valence electrons. The van der Waals surface area contributed by atoms with Gasteiger partial charge in [-0.1, -0.05) is 27.5 Å². The first kappa shape index (κ1) is 14.3. The van der Waals surface area contributed by atoms with E-state index >= 15 is 0 Å². The lowest BCUT2D eigenvalue weighted by Gasteiger charge is -2.32. The highest BCUT2D eigenvalue weighted by Crippen LogP contribution is 2.31. The van der Waals surface area contributed by atoms with Gasteiger partial charge in [-0.3, -0.25) is 4.90 Å². The predicted molar refractivity (Wildman–Crippen MR) is 77.9 cm³/mol. The Hall–Kier alpha value is -0.130. The summed E-state index contributed by atoms with van der Waals surface area (Å²) in [5, 5.41) is 0.763. The summed E-state index contributed by atoms with van der Waals surface area (Å²) < 4.78 is 6.46. The third-order valence-corrected chi connectivity index (χ3v) is 4.35. The van der Waals surface area contributed by atoms with E-state index in [1.807, 2.05) is 18.2 Å². The van der Waals surface area contributed by atoms with Crippen LogP contribution in [0, 0.1) is 0 Å². The van der Waals surface area contributed by atoms with Gasteiger partial charge in [-0.05, 0) is 37.2 Å². The molecule has 1 saturated heterocycles. The van der Waals surface area contributed by atoms with Crippen molar-refractivity contribution >= 4 is 27.5 Å². The van der Waals surface area contributed by atoms with E-state index in [9.17, 15) is 0 Å². The van der Waals surface area contributed by atoms with Crippen LogP contribution >= 0.6 is 27.5 Å². The van der Waals surface area contributed by atoms with Crippen molar-refractivity contribution in [3.63, 3.8) is 0 Å². The molecule has 0 aliphatic carbocycles. The van der Waals surface area contributed by atoms with Crippen LogP contribution in [0.3, 0.4) is 0 Å². The molecule has 2 atom stereocenters. The van der Waals surface area contributed by atoms with Crippen LogP contribution in [0.1, 0.15) is 18.0 Å². The van der Waals surface area contributed by atoms with Crippen LogP contribution < -0.4 is 5.73 Å². The van der Waals surface area contributed by atoms with Gasteiger partial charge in [0.2, 0.25) is 0 Å². The molecule has 3 nitrogen and oxygen atoms in total. The third kappa shape index (κ3) is 3.06. The first-order valence-electron chi connectivity index (χ1n) is 6.08. The van der Waals surface area contributed by atoms with Gasteiger partial charge in [0.1, 0.15) is 0 Å². The standard InChI is InChI=1S/C13H18BrClN2O/c1-17(10-4-5-18-8-10)13(7-16)11-6-9(14)2-3-12(11)15/h2-3,6,10,13H,4-5,7-8,16H2,1H3. The highest BCUT2D eigenvalue weighted by Gasteiger charge is 2.27. The number of halogens is 2. The molecule has 1 aromatic carbocycles. The molecule has 0 bridgehead atoms. The lowest BCUT2D eigenvalue weighted by atomic mass is 10.0. The quantitative estimate of drug-likeness (QED) is 0.921. The van der Waals surface area contributed by atoms with Crippen LogP contribution in [0.2, 0.25) is 5.02 Å². The fourth-order valence-corrected chi connectivity index (χ4v) is 3.00. The highest BCUT2D eigenvalue weighted by atomic mass is 79.9. The summed E-state index contributed by atoms with van der Waals surface area (Å²) in [5.74, 6) is 0. The van der Waals surface area contributed by atoms with Crippen molar-refractivity contribution in [1.29, 1.82) is 0 Å². The molecule has 1 aliphatic rings. The second-order valence-electron chi connectivity index (χ2n) is 4.60. The van der Waals surface area contributed by atoms with Gasteiger partial charge in [0.25, 0.3) is 0 Å². The van der Waals surface area contributed by atoms with E-state index in [0.717, 1.165) is 34.7 Å². The fourth-order valence-electron chi connectivity index (χ4n) is 2.38. The minimum atomic E-state index is 0.127. The number of ether oxygens (including phenoxy) is 1. The summed E-state index contributed by atoms with van der Waals surface area (Å²) in [7, 11) is 2.09. The molecule has 0 aromatic heterocycles. The molecular formula is C13H18BrClN2O. The summed E-state index contributed by atoms with van der Waals surface area (Å²) in [6.07, 6.45) is 1.05. The zero-order chi connectivity index (χ0) is 13.1. The maximum absolute atomic E-state index is 6.29. The van der Waals surface area contributed by atoms with Crippen molar-refractivity contribution in [2.24, 2.45) is 5.73 Å². The van der Waals surface area contributed by atoms with Crippen molar-refractivity contribution in [1.82, 2.24) is 4.90 Å². The fraction of sp³-hybridized carbons (Fsp3) is 0.538. The third-order valence-electron chi connectivity index (χ3n) is 3.51. The number of benzene rings is 1. The van der Waals surface area contributed by atoms with Crippen LogP contribution in [-0.4, -0.2) is 37.7 Å². The monoisotopic (exact) mass is 332 g/mol. The van der Waals surface area contributed by atoms with Crippen molar-refractivity contribution in [3.05, 3.63) is 33.3 Å². The Morgan fingerprint density at radius 3 is 3.00 bits per heavy atom. The number of nitrogens with two attached hydrogens (primary N) is 1. The molecule has 1 aromatic rings. The van der Waals surface area contributed by atoms with Gasteiger partial charge in [0.15, 0.2) is 0 Å². The van der Waals surface area contributed by atoms with E-state index in [4.69, 9.17) is 22.1 Å². The second kappa shape index (κ2) is 6.35. The Bertz CT molecular complexity index is 410. The minimum Gasteiger partial charge on any atom is -0.380 e. The van der Waals surface area contributed by atoms with Gasteiger partial charge >= 0.3 is 0 Å². The Balaban J connectivity index is 2.23. The van der Waals surface area contributed by atoms with E-state index in [1.165, 1.54) is 0 Å². The highest BCUT2D eigenvalue weighted by molar-refractivity contribution is 9.10. The number of hydrogen-bond acceptors (Lipinski definition) is 3. The SMILES string of the molecule is CN(C1CCOC1)C(CN)c1cc(Br)ccc1Cl. The molecule has 1 heterocycles. The van der Waals surface area contributed by atoms with Gasteiger partial charge in [0.05, 0.1) is 6.61 Å². The Kier molecular flexibility index (Phi) is 5.04. The molecule has 2 rings (SSSR count). The van der Waals surface area contributed by atoms with Crippen molar-refractivity contribution in [3.8, 4) is 0 Å². The van der Waals surface area contributed by atoms with Gasteiger partial charge < -0.3 is 10.5 Å². The van der Waals surface area contributed by atoms with Crippen LogP contribution in [0.15, 0.2) is 22.7 Å². The van der Waals surface area contributed by atoms with E-state index in [0.29, 0.717) is 12.6 Å². The van der Waals surface area contributed by atoms with E-state index < -0.39 is 0 Å². The summed E-state index contributed by atoms with van der Waals surface area (Å²) in [6.45, 7) is 2.15. The summed E-state index contributed by atoms with van der Waals surface area (Å²) >= 11 is 9.77. The number of hydrogen-bond donors (Lipinski definition) is 1. The topological polar surface area (TPSA) is 38.5 Å². The van der Waals surface area contributed by atoms with Crippen molar-refractivity contribution in [2.45, 2.75) is 18.5 Å². The zero-order valence-corrected chi connectivity index (χ0v) is 12.7. The molecule has 0 radical (unpaired) electrons. The molecule has 0 saturated carbocycles. The van der Waals surface area contributed by atoms with E-state index in [-0.39, 0.29) is 6.04 Å². The predicted octanol–water partition coefficient (Wildman–Crippen LogP) is 2.82. The largest absolute Gasteiger partial charge is 0.380 e. The summed E-state index contributed by atoms with van der Waals surface area (Å²) in [6, 6.07) is 6.45. The summed E-state index contributed by atoms with van der Waals surface area (Å²) in [4.78, 5) is 2.28. The van der Waals surface area contributed by atoms with Crippen molar-refractivity contribution in [2.75, 3.05) is 26.8 Å². The maximum Gasteiger partial charge on any atom is 0.0622 e. The molecule has 2 unspecified atom stereocenters. The van der Waals surface area contributed by atoms with E-state index in [1.54, 1.807) is 0 Å². The zero-order valence-electron chi connectivity index (χ0n) is 10.4. The van der Waals surface area contributed by atoms with E-state index in [2.05, 4.69) is 27.9 Å². The molecule has 0 amide bonds. The molecule has 1 fully saturated rings. The average molecular weight is 334 g/mol. The first-order chi connectivity index (χ1) is 8.63. The first-order valence-corrected chi connectivity index (χ1v) is 7.25. The Morgan fingerprint density at radius 2 is 2.39 bits per heavy atom. The molecule has 1 aliphatic heterocycles.